The second-order valence-electron chi connectivity index (χ2n) is 8.11. The van der Waals surface area contributed by atoms with Crippen molar-refractivity contribution in [2.24, 2.45) is 0 Å². The maximum Gasteiger partial charge on any atom is 0.246 e. The highest BCUT2D eigenvalue weighted by Crippen LogP contribution is 2.33. The maximum atomic E-state index is 13.4. The van der Waals surface area contributed by atoms with E-state index in [1.807, 2.05) is 31.2 Å². The van der Waals surface area contributed by atoms with E-state index in [0.29, 0.717) is 25.2 Å². The van der Waals surface area contributed by atoms with Crippen LogP contribution in [0, 0.1) is 0 Å². The van der Waals surface area contributed by atoms with Crippen molar-refractivity contribution in [3.63, 3.8) is 0 Å². The smallest absolute Gasteiger partial charge is 0.246 e. The first-order valence-electron chi connectivity index (χ1n) is 10.8. The van der Waals surface area contributed by atoms with Crippen molar-refractivity contribution < 1.29 is 22.7 Å². The molecule has 172 valence electrons. The van der Waals surface area contributed by atoms with E-state index in [1.165, 1.54) is 4.31 Å². The van der Waals surface area contributed by atoms with E-state index in [-0.39, 0.29) is 12.7 Å². The van der Waals surface area contributed by atoms with Crippen molar-refractivity contribution in [1.82, 2.24) is 9.80 Å². The predicted molar refractivity (Wildman–Crippen MR) is 122 cm³/mol. The fraction of sp³-hybridized carbons (Fsp3) is 0.435. The molecule has 32 heavy (non-hydrogen) atoms. The van der Waals surface area contributed by atoms with Gasteiger partial charge < -0.3 is 14.4 Å². The molecule has 1 saturated heterocycles. The van der Waals surface area contributed by atoms with Gasteiger partial charge in [0, 0.05) is 32.7 Å². The van der Waals surface area contributed by atoms with E-state index >= 15 is 0 Å². The zero-order valence-electron chi connectivity index (χ0n) is 18.4. The van der Waals surface area contributed by atoms with E-state index < -0.39 is 16.1 Å². The van der Waals surface area contributed by atoms with Crippen molar-refractivity contribution in [2.45, 2.75) is 25.9 Å². The lowest BCUT2D eigenvalue weighted by atomic mass is 10.1. The molecule has 1 amide bonds. The van der Waals surface area contributed by atoms with E-state index in [2.05, 4.69) is 4.90 Å². The number of rotatable bonds is 7. The summed E-state index contributed by atoms with van der Waals surface area (Å²) < 4.78 is 37.2. The number of piperazine rings is 1. The highest BCUT2D eigenvalue weighted by molar-refractivity contribution is 7.92. The van der Waals surface area contributed by atoms with Crippen LogP contribution in [0.3, 0.4) is 0 Å². The molecule has 2 aromatic carbocycles. The zero-order valence-corrected chi connectivity index (χ0v) is 19.3. The standard InChI is InChI=1S/C23H29N3O5S/c1-3-20(26(32(2,28)29)19-7-5-4-6-8-19)23(27)25-13-11-24(12-14-25)16-18-9-10-21-22(15-18)31-17-30-21/h4-10,15,20H,3,11-14,16-17H2,1-2H3/t20-/m1/s1. The Labute approximate surface area is 189 Å². The molecule has 2 aliphatic heterocycles. The fourth-order valence-corrected chi connectivity index (χ4v) is 5.46. The lowest BCUT2D eigenvalue weighted by Gasteiger charge is -2.39. The highest BCUT2D eigenvalue weighted by atomic mass is 32.2. The lowest BCUT2D eigenvalue weighted by molar-refractivity contribution is -0.134. The molecule has 1 atom stereocenters. The molecule has 9 heteroatoms. The highest BCUT2D eigenvalue weighted by Gasteiger charge is 2.35. The molecule has 0 aliphatic carbocycles. The third-order valence-corrected chi connectivity index (χ3v) is 7.03. The first-order valence-corrected chi connectivity index (χ1v) is 12.7. The van der Waals surface area contributed by atoms with Gasteiger partial charge in [-0.05, 0) is 36.2 Å². The maximum absolute atomic E-state index is 13.4. The predicted octanol–water partition coefficient (Wildman–Crippen LogP) is 2.30. The van der Waals surface area contributed by atoms with Crippen LogP contribution in [0.4, 0.5) is 5.69 Å². The van der Waals surface area contributed by atoms with Gasteiger partial charge in [0.15, 0.2) is 11.5 Å². The van der Waals surface area contributed by atoms with Gasteiger partial charge in [-0.1, -0.05) is 31.2 Å². The SMILES string of the molecule is CC[C@H](C(=O)N1CCN(Cc2ccc3c(c2)OCO3)CC1)N(c1ccccc1)S(C)(=O)=O. The molecule has 0 bridgehead atoms. The van der Waals surface area contributed by atoms with Crippen molar-refractivity contribution in [2.75, 3.05) is 43.5 Å². The van der Waals surface area contributed by atoms with Crippen LogP contribution in [0.1, 0.15) is 18.9 Å². The van der Waals surface area contributed by atoms with E-state index in [1.54, 1.807) is 29.2 Å². The van der Waals surface area contributed by atoms with Gasteiger partial charge in [0.25, 0.3) is 0 Å². The Balaban J connectivity index is 1.41. The second-order valence-corrected chi connectivity index (χ2v) is 9.97. The minimum Gasteiger partial charge on any atom is -0.454 e. The van der Waals surface area contributed by atoms with Gasteiger partial charge in [0.2, 0.25) is 22.7 Å². The van der Waals surface area contributed by atoms with Crippen molar-refractivity contribution in [3.05, 3.63) is 54.1 Å². The Kier molecular flexibility index (Phi) is 6.57. The summed E-state index contributed by atoms with van der Waals surface area (Å²) in [7, 11) is -3.62. The van der Waals surface area contributed by atoms with Crippen molar-refractivity contribution >= 4 is 21.6 Å². The van der Waals surface area contributed by atoms with Crippen molar-refractivity contribution in [1.29, 1.82) is 0 Å². The number of carbonyl (C=O) groups is 1. The number of carbonyl (C=O) groups excluding carboxylic acids is 1. The van der Waals surface area contributed by atoms with Crippen LogP contribution in [0.2, 0.25) is 0 Å². The zero-order chi connectivity index (χ0) is 22.7. The number of ether oxygens (including phenoxy) is 2. The summed E-state index contributed by atoms with van der Waals surface area (Å²) >= 11 is 0. The number of sulfonamides is 1. The normalized spacial score (nSPS) is 17.2. The molecule has 1 fully saturated rings. The van der Waals surface area contributed by atoms with Crippen LogP contribution in [-0.2, 0) is 21.4 Å². The van der Waals surface area contributed by atoms with Gasteiger partial charge in [-0.2, -0.15) is 0 Å². The summed E-state index contributed by atoms with van der Waals surface area (Å²) in [6, 6.07) is 14.0. The third-order valence-electron chi connectivity index (χ3n) is 5.85. The Morgan fingerprint density at radius 2 is 1.72 bits per heavy atom. The molecule has 2 heterocycles. The summed E-state index contributed by atoms with van der Waals surface area (Å²) in [4.78, 5) is 17.4. The molecular formula is C23H29N3O5S. The monoisotopic (exact) mass is 459 g/mol. The van der Waals surface area contributed by atoms with Crippen LogP contribution in [0.15, 0.2) is 48.5 Å². The molecule has 8 nitrogen and oxygen atoms in total. The molecule has 4 rings (SSSR count). The van der Waals surface area contributed by atoms with Gasteiger partial charge in [-0.25, -0.2) is 8.42 Å². The second kappa shape index (κ2) is 9.38. The average Bonchev–Trinajstić information content (AvgIpc) is 3.25. The average molecular weight is 460 g/mol. The third kappa shape index (κ3) is 4.83. The topological polar surface area (TPSA) is 79.4 Å². The minimum absolute atomic E-state index is 0.149. The van der Waals surface area contributed by atoms with Gasteiger partial charge in [-0.15, -0.1) is 0 Å². The number of benzene rings is 2. The van der Waals surface area contributed by atoms with E-state index in [4.69, 9.17) is 9.47 Å². The number of amides is 1. The van der Waals surface area contributed by atoms with Gasteiger partial charge in [0.05, 0.1) is 11.9 Å². The Morgan fingerprint density at radius 3 is 2.38 bits per heavy atom. The summed E-state index contributed by atoms with van der Waals surface area (Å²) in [5.41, 5.74) is 1.64. The van der Waals surface area contributed by atoms with Crippen LogP contribution >= 0.6 is 0 Å². The Morgan fingerprint density at radius 1 is 1.03 bits per heavy atom. The first kappa shape index (κ1) is 22.4. The van der Waals surface area contributed by atoms with E-state index in [0.717, 1.165) is 43.0 Å². The minimum atomic E-state index is -3.62. The summed E-state index contributed by atoms with van der Waals surface area (Å²) in [6.07, 6.45) is 1.55. The summed E-state index contributed by atoms with van der Waals surface area (Å²) in [5.74, 6) is 1.39. The first-order chi connectivity index (χ1) is 15.4. The van der Waals surface area contributed by atoms with E-state index in [9.17, 15) is 13.2 Å². The van der Waals surface area contributed by atoms with Crippen LogP contribution < -0.4 is 13.8 Å². The van der Waals surface area contributed by atoms with Gasteiger partial charge in [-0.3, -0.25) is 14.0 Å². The quantitative estimate of drug-likeness (QED) is 0.632. The molecule has 0 aromatic heterocycles. The van der Waals surface area contributed by atoms with Crippen LogP contribution in [-0.4, -0.2) is 69.4 Å². The molecule has 0 unspecified atom stereocenters. The fourth-order valence-electron chi connectivity index (χ4n) is 4.25. The molecule has 0 N–H and O–H groups in total. The number of nitrogens with zero attached hydrogens (tertiary/aromatic N) is 3. The molecular weight excluding hydrogens is 430 g/mol. The van der Waals surface area contributed by atoms with Crippen LogP contribution in [0.5, 0.6) is 11.5 Å². The van der Waals surface area contributed by atoms with Gasteiger partial charge in [0.1, 0.15) is 6.04 Å². The number of fused-ring (bicyclic) bond motifs is 1. The number of para-hydroxylation sites is 1. The summed E-state index contributed by atoms with van der Waals surface area (Å²) in [6.45, 7) is 5.43. The molecule has 2 aliphatic rings. The number of hydrogen-bond acceptors (Lipinski definition) is 6. The Hall–Kier alpha value is -2.78. The summed E-state index contributed by atoms with van der Waals surface area (Å²) in [5, 5.41) is 0. The van der Waals surface area contributed by atoms with Gasteiger partial charge >= 0.3 is 0 Å². The number of hydrogen-bond donors (Lipinski definition) is 0. The molecule has 0 radical (unpaired) electrons. The number of anilines is 1. The Bertz CT molecular complexity index is 1050. The van der Waals surface area contributed by atoms with Crippen LogP contribution in [0.25, 0.3) is 0 Å². The molecule has 0 saturated carbocycles. The van der Waals surface area contributed by atoms with Crippen molar-refractivity contribution in [3.8, 4) is 11.5 Å². The molecule has 0 spiro atoms. The lowest BCUT2D eigenvalue weighted by Crippen LogP contribution is -2.55. The largest absolute Gasteiger partial charge is 0.454 e. The molecule has 2 aromatic rings.